The fraction of sp³-hybridized carbons (Fsp3) is 0.179. The Kier molecular flexibility index (Phi) is 6.37. The summed E-state index contributed by atoms with van der Waals surface area (Å²) in [7, 11) is 0. The first-order chi connectivity index (χ1) is 17.5. The number of morpholine rings is 1. The number of carbonyl (C=O) groups is 2. The Balaban J connectivity index is 1.51. The molecule has 2 heterocycles. The van der Waals surface area contributed by atoms with Crippen LogP contribution in [0.4, 0.5) is 5.88 Å². The van der Waals surface area contributed by atoms with Gasteiger partial charge in [0.15, 0.2) is 11.0 Å². The van der Waals surface area contributed by atoms with Crippen molar-refractivity contribution >= 4 is 28.8 Å². The molecule has 8 nitrogen and oxygen atoms in total. The van der Waals surface area contributed by atoms with E-state index in [9.17, 15) is 14.4 Å². The lowest BCUT2D eigenvalue weighted by molar-refractivity contribution is -0.0242. The van der Waals surface area contributed by atoms with Gasteiger partial charge in [0.1, 0.15) is 13.1 Å². The van der Waals surface area contributed by atoms with E-state index in [1.54, 1.807) is 6.07 Å². The van der Waals surface area contributed by atoms with E-state index in [0.717, 1.165) is 11.1 Å². The summed E-state index contributed by atoms with van der Waals surface area (Å²) in [4.78, 5) is 37.0. The second kappa shape index (κ2) is 9.77. The number of aromatic carboxylic acids is 1. The van der Waals surface area contributed by atoms with E-state index in [4.69, 9.17) is 19.0 Å². The van der Waals surface area contributed by atoms with Gasteiger partial charge in [-0.05, 0) is 35.9 Å². The second-order valence-corrected chi connectivity index (χ2v) is 8.65. The fourth-order valence-electron chi connectivity index (χ4n) is 4.36. The Morgan fingerprint density at radius 2 is 1.58 bits per heavy atom. The van der Waals surface area contributed by atoms with Crippen LogP contribution in [-0.4, -0.2) is 50.1 Å². The van der Waals surface area contributed by atoms with Crippen molar-refractivity contribution in [1.82, 2.24) is 4.48 Å². The van der Waals surface area contributed by atoms with Crippen LogP contribution in [0.5, 0.6) is 0 Å². The molecule has 1 saturated heterocycles. The molecule has 1 aromatic heterocycles. The molecule has 1 fully saturated rings. The molecule has 0 saturated carbocycles. The molecule has 4 aromatic rings. The molecular weight excluding hydrogens is 462 g/mol. The number of carboxylic acids is 1. The standard InChI is InChI=1S/C28H23NO7/c30-24-17-25(36-26-22(7-4-8-23(24)26)19-5-2-1-3-6-19)29(13-15-34-16-14-29)18-35-28(33)21-11-9-20(10-12-21)27(31)32/h1-12,17H,13-16,18H2/p+1. The number of benzene rings is 3. The number of fused-ring (bicyclic) bond motifs is 1. The van der Waals surface area contributed by atoms with Crippen molar-refractivity contribution < 1.29 is 28.6 Å². The smallest absolute Gasteiger partial charge is 0.342 e. The molecule has 182 valence electrons. The molecule has 1 aliphatic rings. The van der Waals surface area contributed by atoms with Crippen LogP contribution in [-0.2, 0) is 9.47 Å². The average molecular weight is 487 g/mol. The summed E-state index contributed by atoms with van der Waals surface area (Å²) in [5.74, 6) is -1.27. The van der Waals surface area contributed by atoms with Crippen LogP contribution in [0, 0.1) is 0 Å². The van der Waals surface area contributed by atoms with Crippen molar-refractivity contribution in [1.29, 1.82) is 0 Å². The minimum absolute atomic E-state index is 0.0647. The molecule has 36 heavy (non-hydrogen) atoms. The van der Waals surface area contributed by atoms with Crippen LogP contribution >= 0.6 is 0 Å². The average Bonchev–Trinajstić information content (AvgIpc) is 2.92. The number of hydrogen-bond acceptors (Lipinski definition) is 6. The maximum Gasteiger partial charge on any atom is 0.342 e. The zero-order chi connectivity index (χ0) is 25.1. The molecule has 0 radical (unpaired) electrons. The zero-order valence-electron chi connectivity index (χ0n) is 19.4. The van der Waals surface area contributed by atoms with E-state index in [1.807, 2.05) is 42.5 Å². The number of carbonyl (C=O) groups excluding carboxylic acids is 1. The van der Waals surface area contributed by atoms with Gasteiger partial charge < -0.3 is 19.0 Å². The van der Waals surface area contributed by atoms with Gasteiger partial charge in [-0.1, -0.05) is 42.5 Å². The SMILES string of the molecule is O=C(O)c1ccc(C(=O)OC[N+]2(c3cc(=O)c4cccc(-c5ccccc5)c4o3)CCOCC2)cc1. The van der Waals surface area contributed by atoms with Crippen LogP contribution in [0.15, 0.2) is 88.1 Å². The first kappa shape index (κ1) is 23.5. The first-order valence-corrected chi connectivity index (χ1v) is 11.5. The minimum Gasteiger partial charge on any atom is -0.478 e. The van der Waals surface area contributed by atoms with Crippen LogP contribution in [0.3, 0.4) is 0 Å². The third-order valence-electron chi connectivity index (χ3n) is 6.43. The molecule has 0 bridgehead atoms. The number of hydrogen-bond donors (Lipinski definition) is 1. The molecular formula is C28H24NO7+. The summed E-state index contributed by atoms with van der Waals surface area (Å²) >= 11 is 0. The number of nitrogens with zero attached hydrogens (tertiary/aromatic N) is 1. The summed E-state index contributed by atoms with van der Waals surface area (Å²) in [6.07, 6.45) is 0. The molecule has 5 rings (SSSR count). The van der Waals surface area contributed by atoms with Crippen LogP contribution in [0.1, 0.15) is 20.7 Å². The van der Waals surface area contributed by atoms with Gasteiger partial charge in [0.2, 0.25) is 6.73 Å². The Morgan fingerprint density at radius 3 is 2.28 bits per heavy atom. The summed E-state index contributed by atoms with van der Waals surface area (Å²) in [5.41, 5.74) is 2.34. The highest BCUT2D eigenvalue weighted by Crippen LogP contribution is 2.33. The van der Waals surface area contributed by atoms with Crippen molar-refractivity contribution in [3.63, 3.8) is 0 Å². The van der Waals surface area contributed by atoms with E-state index in [0.29, 0.717) is 43.2 Å². The van der Waals surface area contributed by atoms with E-state index >= 15 is 0 Å². The van der Waals surface area contributed by atoms with Gasteiger partial charge in [-0.25, -0.2) is 14.1 Å². The third kappa shape index (κ3) is 4.51. The molecule has 0 spiro atoms. The molecule has 1 N–H and O–H groups in total. The molecule has 8 heteroatoms. The number of ether oxygens (including phenoxy) is 2. The molecule has 0 unspecified atom stereocenters. The number of para-hydroxylation sites is 1. The third-order valence-corrected chi connectivity index (χ3v) is 6.43. The lowest BCUT2D eigenvalue weighted by atomic mass is 10.0. The van der Waals surface area contributed by atoms with Crippen molar-refractivity contribution in [2.45, 2.75) is 0 Å². The predicted octanol–water partition coefficient (Wildman–Crippen LogP) is 4.31. The fourth-order valence-corrected chi connectivity index (χ4v) is 4.36. The Bertz CT molecular complexity index is 1470. The number of quaternary nitrogens is 1. The first-order valence-electron chi connectivity index (χ1n) is 11.5. The van der Waals surface area contributed by atoms with Crippen molar-refractivity contribution in [2.24, 2.45) is 0 Å². The van der Waals surface area contributed by atoms with Crippen LogP contribution in [0.2, 0.25) is 0 Å². The lowest BCUT2D eigenvalue weighted by Gasteiger charge is -2.37. The zero-order valence-corrected chi connectivity index (χ0v) is 19.4. The van der Waals surface area contributed by atoms with Crippen molar-refractivity contribution in [3.05, 3.63) is 100 Å². The molecule has 0 atom stereocenters. The van der Waals surface area contributed by atoms with Gasteiger partial charge >= 0.3 is 17.8 Å². The van der Waals surface area contributed by atoms with Crippen LogP contribution in [0.25, 0.3) is 22.1 Å². The predicted molar refractivity (Wildman–Crippen MR) is 134 cm³/mol. The lowest BCUT2D eigenvalue weighted by Crippen LogP contribution is -2.58. The Hall–Kier alpha value is -4.27. The topological polar surface area (TPSA) is 103 Å². The van der Waals surface area contributed by atoms with Gasteiger partial charge in [-0.2, -0.15) is 0 Å². The van der Waals surface area contributed by atoms with Crippen molar-refractivity contribution in [3.8, 4) is 11.1 Å². The molecule has 3 aromatic carbocycles. The normalized spacial score (nSPS) is 14.9. The summed E-state index contributed by atoms with van der Waals surface area (Å²) in [6, 6.07) is 22.2. The van der Waals surface area contributed by atoms with Crippen molar-refractivity contribution in [2.75, 3.05) is 33.0 Å². The number of carboxylic acid groups (broad SMARTS) is 1. The van der Waals surface area contributed by atoms with Gasteiger partial charge in [0.05, 0.1) is 35.8 Å². The maximum absolute atomic E-state index is 13.2. The van der Waals surface area contributed by atoms with Gasteiger partial charge in [0.25, 0.3) is 0 Å². The highest BCUT2D eigenvalue weighted by Gasteiger charge is 2.38. The molecule has 0 aliphatic carbocycles. The van der Waals surface area contributed by atoms with Gasteiger partial charge in [0, 0.05) is 5.56 Å². The molecule has 1 aliphatic heterocycles. The molecule has 0 amide bonds. The quantitative estimate of drug-likeness (QED) is 0.320. The summed E-state index contributed by atoms with van der Waals surface area (Å²) < 4.78 is 17.7. The van der Waals surface area contributed by atoms with E-state index in [1.165, 1.54) is 30.3 Å². The number of rotatable bonds is 6. The summed E-state index contributed by atoms with van der Waals surface area (Å²) in [5, 5.41) is 9.55. The maximum atomic E-state index is 13.2. The highest BCUT2D eigenvalue weighted by molar-refractivity contribution is 5.93. The van der Waals surface area contributed by atoms with E-state index in [-0.39, 0.29) is 27.8 Å². The monoisotopic (exact) mass is 486 g/mol. The van der Waals surface area contributed by atoms with Gasteiger partial charge in [-0.15, -0.1) is 0 Å². The highest BCUT2D eigenvalue weighted by atomic mass is 16.6. The Labute approximate surface area is 206 Å². The minimum atomic E-state index is -1.08. The Morgan fingerprint density at radius 1 is 0.889 bits per heavy atom. The second-order valence-electron chi connectivity index (χ2n) is 8.65. The van der Waals surface area contributed by atoms with E-state index in [2.05, 4.69) is 0 Å². The van der Waals surface area contributed by atoms with E-state index < -0.39 is 11.9 Å². The summed E-state index contributed by atoms with van der Waals surface area (Å²) in [6.45, 7) is 1.66. The van der Waals surface area contributed by atoms with Gasteiger partial charge in [-0.3, -0.25) is 4.79 Å². The largest absolute Gasteiger partial charge is 0.478 e. The number of esters is 1. The van der Waals surface area contributed by atoms with Crippen LogP contribution < -0.4 is 9.91 Å².